The van der Waals surface area contributed by atoms with Crippen molar-refractivity contribution in [1.82, 2.24) is 4.98 Å². The van der Waals surface area contributed by atoms with Gasteiger partial charge in [0, 0.05) is 28.9 Å². The summed E-state index contributed by atoms with van der Waals surface area (Å²) in [5.74, 6) is -3.87. The van der Waals surface area contributed by atoms with Crippen LogP contribution in [0.2, 0.25) is 0 Å². The third-order valence-electron chi connectivity index (χ3n) is 2.09. The summed E-state index contributed by atoms with van der Waals surface area (Å²) in [5, 5.41) is 5.46. The lowest BCUT2D eigenvalue weighted by Crippen LogP contribution is -2.01. The molecule has 1 aromatic carbocycles. The Hall–Kier alpha value is -1.56. The van der Waals surface area contributed by atoms with E-state index in [1.54, 1.807) is 0 Å². The average Bonchev–Trinajstić information content (AvgIpc) is 2.69. The largest absolute Gasteiger partial charge is 0.378 e. The molecular weight excluding hydrogens is 249 g/mol. The number of hydrogen-bond acceptors (Lipinski definition) is 3. The first-order valence-corrected chi connectivity index (χ1v) is 5.73. The predicted octanol–water partition coefficient (Wildman–Crippen LogP) is 3.48. The standard InChI is InChI=1S/C11H9F3N2S/c1-6-5-17-10(16-6)4-15-7-2-8(12)11(14)9(13)3-7/h2-3,5,15H,4H2,1H3. The van der Waals surface area contributed by atoms with Crippen molar-refractivity contribution >= 4 is 17.0 Å². The number of hydrogen-bond donors (Lipinski definition) is 1. The van der Waals surface area contributed by atoms with Gasteiger partial charge >= 0.3 is 0 Å². The van der Waals surface area contributed by atoms with Crippen LogP contribution in [-0.4, -0.2) is 4.98 Å². The number of halogens is 3. The van der Waals surface area contributed by atoms with Gasteiger partial charge in [-0.15, -0.1) is 11.3 Å². The van der Waals surface area contributed by atoms with Gasteiger partial charge in [-0.2, -0.15) is 0 Å². The molecule has 0 aliphatic carbocycles. The number of nitrogens with zero attached hydrogens (tertiary/aromatic N) is 1. The summed E-state index contributed by atoms with van der Waals surface area (Å²) < 4.78 is 38.5. The van der Waals surface area contributed by atoms with E-state index in [0.717, 1.165) is 22.8 Å². The number of aryl methyl sites for hydroxylation is 1. The molecule has 2 rings (SSSR count). The summed E-state index contributed by atoms with van der Waals surface area (Å²) >= 11 is 1.45. The fraction of sp³-hybridized carbons (Fsp3) is 0.182. The van der Waals surface area contributed by atoms with Gasteiger partial charge in [-0.3, -0.25) is 0 Å². The normalized spacial score (nSPS) is 10.6. The van der Waals surface area contributed by atoms with Crippen LogP contribution in [0, 0.1) is 24.4 Å². The maximum Gasteiger partial charge on any atom is 0.194 e. The lowest BCUT2D eigenvalue weighted by Gasteiger charge is -2.05. The Kier molecular flexibility index (Phi) is 3.33. The Balaban J connectivity index is 2.09. The molecule has 0 bridgehead atoms. The third-order valence-corrected chi connectivity index (χ3v) is 3.06. The van der Waals surface area contributed by atoms with Gasteiger partial charge in [-0.05, 0) is 6.92 Å². The van der Waals surface area contributed by atoms with Crippen LogP contribution in [-0.2, 0) is 6.54 Å². The van der Waals surface area contributed by atoms with Crippen LogP contribution >= 0.6 is 11.3 Å². The lowest BCUT2D eigenvalue weighted by atomic mass is 10.3. The maximum atomic E-state index is 12.9. The van der Waals surface area contributed by atoms with E-state index in [2.05, 4.69) is 10.3 Å². The molecule has 0 fully saturated rings. The quantitative estimate of drug-likeness (QED) is 0.852. The minimum absolute atomic E-state index is 0.189. The van der Waals surface area contributed by atoms with E-state index < -0.39 is 17.5 Å². The van der Waals surface area contributed by atoms with E-state index in [-0.39, 0.29) is 5.69 Å². The van der Waals surface area contributed by atoms with Crippen LogP contribution in [0.15, 0.2) is 17.5 Å². The topological polar surface area (TPSA) is 24.9 Å². The van der Waals surface area contributed by atoms with Gasteiger partial charge < -0.3 is 5.32 Å². The number of nitrogens with one attached hydrogen (secondary N) is 1. The van der Waals surface area contributed by atoms with Crippen LogP contribution in [0.4, 0.5) is 18.9 Å². The van der Waals surface area contributed by atoms with Gasteiger partial charge in [0.25, 0.3) is 0 Å². The fourth-order valence-electron chi connectivity index (χ4n) is 1.32. The first-order valence-electron chi connectivity index (χ1n) is 4.85. The highest BCUT2D eigenvalue weighted by molar-refractivity contribution is 7.09. The molecule has 0 radical (unpaired) electrons. The Morgan fingerprint density at radius 1 is 1.24 bits per heavy atom. The van der Waals surface area contributed by atoms with Gasteiger partial charge in [-0.1, -0.05) is 0 Å². The number of thiazole rings is 1. The Morgan fingerprint density at radius 2 is 1.88 bits per heavy atom. The number of aromatic nitrogens is 1. The smallest absolute Gasteiger partial charge is 0.194 e. The van der Waals surface area contributed by atoms with E-state index in [1.165, 1.54) is 11.3 Å². The summed E-state index contributed by atoms with van der Waals surface area (Å²) in [5.41, 5.74) is 1.08. The second-order valence-corrected chi connectivity index (χ2v) is 4.43. The lowest BCUT2D eigenvalue weighted by molar-refractivity contribution is 0.447. The summed E-state index contributed by atoms with van der Waals surface area (Å²) in [6, 6.07) is 1.83. The second kappa shape index (κ2) is 4.75. The molecule has 1 N–H and O–H groups in total. The zero-order chi connectivity index (χ0) is 12.4. The number of anilines is 1. The minimum atomic E-state index is -1.46. The molecule has 0 atom stereocenters. The van der Waals surface area contributed by atoms with Crippen molar-refractivity contribution < 1.29 is 13.2 Å². The molecule has 2 nitrogen and oxygen atoms in total. The van der Waals surface area contributed by atoms with E-state index in [0.29, 0.717) is 6.54 Å². The molecule has 6 heteroatoms. The molecule has 0 saturated carbocycles. The van der Waals surface area contributed by atoms with Crippen molar-refractivity contribution in [3.8, 4) is 0 Å². The zero-order valence-corrected chi connectivity index (χ0v) is 9.75. The molecule has 0 saturated heterocycles. The molecular formula is C11H9F3N2S. The highest BCUT2D eigenvalue weighted by Crippen LogP contribution is 2.18. The van der Waals surface area contributed by atoms with Crippen LogP contribution in [0.25, 0.3) is 0 Å². The first-order chi connectivity index (χ1) is 8.06. The molecule has 0 unspecified atom stereocenters. The first kappa shape index (κ1) is 11.9. The van der Waals surface area contributed by atoms with Crippen LogP contribution in [0.5, 0.6) is 0 Å². The predicted molar refractivity (Wildman–Crippen MR) is 60.5 cm³/mol. The molecule has 0 spiro atoms. The van der Waals surface area contributed by atoms with Gasteiger partial charge in [0.2, 0.25) is 0 Å². The molecule has 1 aromatic heterocycles. The van der Waals surface area contributed by atoms with Gasteiger partial charge in [0.05, 0.1) is 6.54 Å². The minimum Gasteiger partial charge on any atom is -0.378 e. The van der Waals surface area contributed by atoms with E-state index in [9.17, 15) is 13.2 Å². The van der Waals surface area contributed by atoms with E-state index in [4.69, 9.17) is 0 Å². The van der Waals surface area contributed by atoms with E-state index >= 15 is 0 Å². The summed E-state index contributed by atoms with van der Waals surface area (Å²) in [6.45, 7) is 2.21. The van der Waals surface area contributed by atoms with Crippen molar-refractivity contribution in [3.63, 3.8) is 0 Å². The molecule has 1 heterocycles. The van der Waals surface area contributed by atoms with Crippen molar-refractivity contribution in [1.29, 1.82) is 0 Å². The fourth-order valence-corrected chi connectivity index (χ4v) is 2.03. The van der Waals surface area contributed by atoms with Crippen molar-refractivity contribution in [3.05, 3.63) is 45.7 Å². The number of rotatable bonds is 3. The third kappa shape index (κ3) is 2.76. The van der Waals surface area contributed by atoms with Crippen molar-refractivity contribution in [2.75, 3.05) is 5.32 Å². The number of benzene rings is 1. The van der Waals surface area contributed by atoms with Crippen LogP contribution in [0.3, 0.4) is 0 Å². The van der Waals surface area contributed by atoms with Gasteiger partial charge in [0.1, 0.15) is 5.01 Å². The average molecular weight is 258 g/mol. The SMILES string of the molecule is Cc1csc(CNc2cc(F)c(F)c(F)c2)n1. The molecule has 0 amide bonds. The highest BCUT2D eigenvalue weighted by atomic mass is 32.1. The summed E-state index contributed by atoms with van der Waals surface area (Å²) in [7, 11) is 0. The van der Waals surface area contributed by atoms with Crippen LogP contribution in [0.1, 0.15) is 10.7 Å². The Labute approximate surface area is 100 Å². The monoisotopic (exact) mass is 258 g/mol. The van der Waals surface area contributed by atoms with Crippen molar-refractivity contribution in [2.45, 2.75) is 13.5 Å². The molecule has 2 aromatic rings. The zero-order valence-electron chi connectivity index (χ0n) is 8.93. The van der Waals surface area contributed by atoms with Gasteiger partial charge in [0.15, 0.2) is 17.5 Å². The second-order valence-electron chi connectivity index (χ2n) is 3.49. The molecule has 0 aliphatic rings. The van der Waals surface area contributed by atoms with Crippen LogP contribution < -0.4 is 5.32 Å². The maximum absolute atomic E-state index is 12.9. The molecule has 0 aliphatic heterocycles. The summed E-state index contributed by atoms with van der Waals surface area (Å²) in [6.07, 6.45) is 0. The molecule has 90 valence electrons. The van der Waals surface area contributed by atoms with Gasteiger partial charge in [-0.25, -0.2) is 18.2 Å². The Morgan fingerprint density at radius 3 is 2.41 bits per heavy atom. The Bertz CT molecular complexity index is 516. The molecule has 17 heavy (non-hydrogen) atoms. The van der Waals surface area contributed by atoms with E-state index in [1.807, 2.05) is 12.3 Å². The highest BCUT2D eigenvalue weighted by Gasteiger charge is 2.10. The van der Waals surface area contributed by atoms with Crippen molar-refractivity contribution in [2.24, 2.45) is 0 Å². The summed E-state index contributed by atoms with van der Waals surface area (Å²) in [4.78, 5) is 4.18.